The van der Waals surface area contributed by atoms with Crippen LogP contribution in [0.4, 0.5) is 11.4 Å². The third-order valence-electron chi connectivity index (χ3n) is 7.60. The van der Waals surface area contributed by atoms with Crippen LogP contribution in [0.25, 0.3) is 0 Å². The highest BCUT2D eigenvalue weighted by molar-refractivity contribution is 5.96. The van der Waals surface area contributed by atoms with E-state index in [4.69, 9.17) is 14.2 Å². The average molecular weight is 624 g/mol. The summed E-state index contributed by atoms with van der Waals surface area (Å²) in [5, 5.41) is 49.0. The van der Waals surface area contributed by atoms with E-state index in [9.17, 15) is 30.0 Å². The minimum atomic E-state index is -1.20. The van der Waals surface area contributed by atoms with Crippen molar-refractivity contribution in [2.75, 3.05) is 44.0 Å². The number of ether oxygens (including phenoxy) is 3. The van der Waals surface area contributed by atoms with Crippen molar-refractivity contribution in [2.24, 2.45) is 0 Å². The molecular weight excluding hydrogens is 582 g/mol. The Labute approximate surface area is 262 Å². The zero-order valence-electron chi connectivity index (χ0n) is 26.1. The number of anilines is 2. The Morgan fingerprint density at radius 3 is 1.69 bits per heavy atom. The zero-order chi connectivity index (χ0) is 32.9. The number of hydrogen-bond donors (Lipinski definition) is 6. The van der Waals surface area contributed by atoms with E-state index in [-0.39, 0.29) is 83.6 Å². The summed E-state index contributed by atoms with van der Waals surface area (Å²) in [4.78, 5) is 25.6. The average Bonchev–Trinajstić information content (AvgIpc) is 3.00. The van der Waals surface area contributed by atoms with Crippen molar-refractivity contribution < 1.29 is 44.2 Å². The maximum Gasteiger partial charge on any atom is 0.262 e. The number of phenolic OH excluding ortho intramolecular Hbond substituents is 2. The second-order valence-electron chi connectivity index (χ2n) is 11.3. The molecule has 0 aliphatic carbocycles. The zero-order valence-corrected chi connectivity index (χ0v) is 26.1. The van der Waals surface area contributed by atoms with Gasteiger partial charge in [0.05, 0.1) is 30.7 Å². The molecule has 12 nitrogen and oxygen atoms in total. The van der Waals surface area contributed by atoms with Gasteiger partial charge < -0.3 is 45.3 Å². The van der Waals surface area contributed by atoms with Crippen LogP contribution in [0.5, 0.6) is 28.7 Å². The summed E-state index contributed by atoms with van der Waals surface area (Å²) in [5.41, 5.74) is 1.38. The highest BCUT2D eigenvalue weighted by Gasteiger charge is 2.34. The standard InChI is InChI=1S/C31H35N3O9.C2H6/c1-31(2,12-17-4-6-20(41-3)7-5-17)34(13-25(37)21-8-18(35)10-23-29(21)42-15-27(39)32-23)14-26(38)22-9-19(36)11-24-30(22)43-16-28(40)33-24;1-2/h4-11,25-26,35-38H,12-16H2,1-3H3,(H,32,39)(H,33,40);1-2H3/t25-,26?;/m0./s1. The Bertz CT molecular complexity index is 1440. The molecule has 6 N–H and O–H groups in total. The number of methoxy groups -OCH3 is 1. The molecule has 2 aliphatic heterocycles. The predicted molar refractivity (Wildman–Crippen MR) is 168 cm³/mol. The maximum atomic E-state index is 11.9. The van der Waals surface area contributed by atoms with Crippen molar-refractivity contribution >= 4 is 23.2 Å². The van der Waals surface area contributed by atoms with Gasteiger partial charge in [-0.25, -0.2) is 0 Å². The van der Waals surface area contributed by atoms with E-state index in [0.29, 0.717) is 12.2 Å². The Morgan fingerprint density at radius 1 is 0.822 bits per heavy atom. The fourth-order valence-electron chi connectivity index (χ4n) is 5.46. The normalized spacial score (nSPS) is 15.2. The molecule has 0 bridgehead atoms. The third kappa shape index (κ3) is 7.77. The van der Waals surface area contributed by atoms with Gasteiger partial charge in [0.1, 0.15) is 28.7 Å². The summed E-state index contributed by atoms with van der Waals surface area (Å²) in [6.07, 6.45) is -1.88. The van der Waals surface area contributed by atoms with Crippen LogP contribution in [0.15, 0.2) is 48.5 Å². The van der Waals surface area contributed by atoms with Crippen LogP contribution in [0.1, 0.15) is 56.6 Å². The monoisotopic (exact) mass is 623 g/mol. The number of benzene rings is 3. The van der Waals surface area contributed by atoms with Crippen molar-refractivity contribution in [1.29, 1.82) is 0 Å². The van der Waals surface area contributed by atoms with Gasteiger partial charge in [0, 0.05) is 41.9 Å². The van der Waals surface area contributed by atoms with E-state index in [1.165, 1.54) is 24.3 Å². The third-order valence-corrected chi connectivity index (χ3v) is 7.60. The summed E-state index contributed by atoms with van der Waals surface area (Å²) in [6, 6.07) is 13.1. The Hall–Kier alpha value is -4.52. The fraction of sp³-hybridized carbons (Fsp3) is 0.394. The number of carbonyl (C=O) groups is 2. The summed E-state index contributed by atoms with van der Waals surface area (Å²) >= 11 is 0. The molecule has 2 heterocycles. The lowest BCUT2D eigenvalue weighted by Crippen LogP contribution is -2.49. The number of phenols is 2. The van der Waals surface area contributed by atoms with Crippen molar-refractivity contribution in [3.8, 4) is 28.7 Å². The number of aliphatic hydroxyl groups excluding tert-OH is 2. The number of carbonyl (C=O) groups excluding carboxylic acids is 2. The Morgan fingerprint density at radius 2 is 1.27 bits per heavy atom. The molecule has 0 saturated heterocycles. The maximum absolute atomic E-state index is 11.9. The summed E-state index contributed by atoms with van der Waals surface area (Å²) in [6.45, 7) is 7.46. The van der Waals surface area contributed by atoms with Gasteiger partial charge >= 0.3 is 0 Å². The van der Waals surface area contributed by atoms with Gasteiger partial charge in [-0.15, -0.1) is 0 Å². The van der Waals surface area contributed by atoms with Gasteiger partial charge in [-0.05, 0) is 50.1 Å². The Kier molecular flexibility index (Phi) is 10.4. The first-order valence-electron chi connectivity index (χ1n) is 14.8. The van der Waals surface area contributed by atoms with Crippen LogP contribution in [0, 0.1) is 0 Å². The highest BCUT2D eigenvalue weighted by atomic mass is 16.5. The molecule has 0 radical (unpaired) electrons. The molecule has 2 amide bonds. The van der Waals surface area contributed by atoms with Gasteiger partial charge in [-0.1, -0.05) is 26.0 Å². The van der Waals surface area contributed by atoms with E-state index >= 15 is 0 Å². The molecule has 1 unspecified atom stereocenters. The van der Waals surface area contributed by atoms with E-state index < -0.39 is 17.7 Å². The number of β-amino-alcohol motifs (C(OH)–C–C–N with tert-alkyl or cyclic N) is 2. The number of nitrogens with one attached hydrogen (secondary N) is 2. The fourth-order valence-corrected chi connectivity index (χ4v) is 5.46. The minimum Gasteiger partial charge on any atom is -0.508 e. The summed E-state index contributed by atoms with van der Waals surface area (Å²) < 4.78 is 16.5. The van der Waals surface area contributed by atoms with Gasteiger partial charge in [-0.3, -0.25) is 14.5 Å². The quantitative estimate of drug-likeness (QED) is 0.195. The van der Waals surface area contributed by atoms with Gasteiger partial charge in [0.25, 0.3) is 11.8 Å². The van der Waals surface area contributed by atoms with Crippen LogP contribution < -0.4 is 24.8 Å². The van der Waals surface area contributed by atoms with Gasteiger partial charge in [0.15, 0.2) is 13.2 Å². The van der Waals surface area contributed by atoms with Gasteiger partial charge in [-0.2, -0.15) is 0 Å². The van der Waals surface area contributed by atoms with E-state index in [0.717, 1.165) is 5.56 Å². The number of hydrogen-bond acceptors (Lipinski definition) is 10. The van der Waals surface area contributed by atoms with Crippen molar-refractivity contribution in [1.82, 2.24) is 4.90 Å². The largest absolute Gasteiger partial charge is 0.508 e. The number of fused-ring (bicyclic) bond motifs is 2. The molecule has 12 heteroatoms. The van der Waals surface area contributed by atoms with Crippen LogP contribution in [0.3, 0.4) is 0 Å². The van der Waals surface area contributed by atoms with E-state index in [2.05, 4.69) is 10.6 Å². The first kappa shape index (κ1) is 33.4. The summed E-state index contributed by atoms with van der Waals surface area (Å²) in [5.74, 6) is 0.148. The minimum absolute atomic E-state index is 0.00792. The van der Waals surface area contributed by atoms with Crippen LogP contribution in [0.2, 0.25) is 0 Å². The smallest absolute Gasteiger partial charge is 0.262 e. The van der Waals surface area contributed by atoms with Crippen molar-refractivity contribution in [3.63, 3.8) is 0 Å². The lowest BCUT2D eigenvalue weighted by atomic mass is 9.90. The molecule has 0 saturated carbocycles. The number of aromatic hydroxyl groups is 2. The molecule has 3 aromatic carbocycles. The molecule has 0 spiro atoms. The molecule has 45 heavy (non-hydrogen) atoms. The summed E-state index contributed by atoms with van der Waals surface area (Å²) in [7, 11) is 1.59. The number of aliphatic hydroxyl groups is 2. The predicted octanol–water partition coefficient (Wildman–Crippen LogP) is 3.88. The molecular formula is C33H41N3O9. The number of amides is 2. The molecule has 2 atom stereocenters. The number of rotatable bonds is 10. The molecule has 3 aromatic rings. The first-order chi connectivity index (χ1) is 21.4. The molecule has 0 aromatic heterocycles. The van der Waals surface area contributed by atoms with Crippen LogP contribution >= 0.6 is 0 Å². The molecule has 2 aliphatic rings. The lowest BCUT2D eigenvalue weighted by Gasteiger charge is -2.41. The van der Waals surface area contributed by atoms with Crippen molar-refractivity contribution in [2.45, 2.75) is 51.9 Å². The van der Waals surface area contributed by atoms with Gasteiger partial charge in [0.2, 0.25) is 0 Å². The van der Waals surface area contributed by atoms with Crippen molar-refractivity contribution in [3.05, 3.63) is 65.2 Å². The molecule has 0 fully saturated rings. The Balaban J connectivity index is 0.00000226. The second kappa shape index (κ2) is 14.1. The molecule has 5 rings (SSSR count). The second-order valence-corrected chi connectivity index (χ2v) is 11.3. The van der Waals surface area contributed by atoms with Crippen LogP contribution in [-0.4, -0.2) is 76.1 Å². The van der Waals surface area contributed by atoms with E-state index in [1.54, 1.807) is 7.11 Å². The number of nitrogens with zero attached hydrogens (tertiary/aromatic N) is 1. The SMILES string of the molecule is CC.COc1ccc(CC(C)(C)N(CC(O)c2cc(O)cc3c2OCC(=O)N3)C[C@H](O)c2cc(O)cc3c2OCC(=O)N3)cc1. The topological polar surface area (TPSA) is 170 Å². The van der Waals surface area contributed by atoms with Crippen LogP contribution in [-0.2, 0) is 16.0 Å². The highest BCUT2D eigenvalue weighted by Crippen LogP contribution is 2.42. The lowest BCUT2D eigenvalue weighted by molar-refractivity contribution is -0.119. The molecule has 242 valence electrons. The first-order valence-corrected chi connectivity index (χ1v) is 14.8. The van der Waals surface area contributed by atoms with E-state index in [1.807, 2.05) is 56.9 Å².